The zero-order valence-electron chi connectivity index (χ0n) is 27.1. The first-order chi connectivity index (χ1) is 21.5. The zero-order valence-corrected chi connectivity index (χ0v) is 27.1. The van der Waals surface area contributed by atoms with Crippen molar-refractivity contribution in [3.63, 3.8) is 0 Å². The van der Waals surface area contributed by atoms with Gasteiger partial charge in [0.05, 0.1) is 29.4 Å². The van der Waals surface area contributed by atoms with Crippen LogP contribution in [0, 0.1) is 10.1 Å². The standard InChI is InChI=1S/C33H49N5O7/c1-32(2,3)44-31(40)35-33(4,24-39)21-20-25-14-16-26(17-15-25)43-23-13-11-9-7-5-6-8-10-12-22-34-27-18-19-28(38(41)42)30-29(27)36-45-37-30/h14-19,34,39H,5-13,20-24H2,1-4H3,(H,35,40)/t33-/m1/s1. The van der Waals surface area contributed by atoms with E-state index >= 15 is 0 Å². The third-order valence-corrected chi connectivity index (χ3v) is 7.54. The number of alkyl carbamates (subject to hydrolysis) is 1. The van der Waals surface area contributed by atoms with E-state index < -0.39 is 22.2 Å². The Balaban J connectivity index is 1.18. The lowest BCUT2D eigenvalue weighted by Gasteiger charge is -2.30. The molecule has 0 bridgehead atoms. The van der Waals surface area contributed by atoms with Gasteiger partial charge in [-0.2, -0.15) is 0 Å². The Kier molecular flexibility index (Phi) is 13.8. The van der Waals surface area contributed by atoms with Crippen molar-refractivity contribution >= 4 is 28.5 Å². The summed E-state index contributed by atoms with van der Waals surface area (Å²) >= 11 is 0. The molecule has 1 atom stereocenters. The Hall–Kier alpha value is -3.93. The summed E-state index contributed by atoms with van der Waals surface area (Å²) in [6.07, 6.45) is 11.1. The van der Waals surface area contributed by atoms with Gasteiger partial charge in [-0.25, -0.2) is 9.42 Å². The van der Waals surface area contributed by atoms with Gasteiger partial charge in [0.15, 0.2) is 5.52 Å². The van der Waals surface area contributed by atoms with Gasteiger partial charge in [0, 0.05) is 12.6 Å². The number of benzene rings is 2. The number of nitrogens with zero attached hydrogens (tertiary/aromatic N) is 3. The SMILES string of the molecule is CC(C)(C)OC(=O)N[C@@](C)(CO)CCc1ccc(OCCCCCCCCCCCNc2ccc([N+](=O)[O-])c3nonc23)cc1. The minimum Gasteiger partial charge on any atom is -0.494 e. The average molecular weight is 628 g/mol. The van der Waals surface area contributed by atoms with E-state index in [-0.39, 0.29) is 17.8 Å². The number of carbonyl (C=O) groups excluding carboxylic acids is 1. The molecule has 12 nitrogen and oxygen atoms in total. The number of nitrogens with one attached hydrogen (secondary N) is 2. The number of nitro groups is 1. The highest BCUT2D eigenvalue weighted by molar-refractivity contribution is 5.93. The number of carbonyl (C=O) groups is 1. The Labute approximate surface area is 265 Å². The smallest absolute Gasteiger partial charge is 0.408 e. The van der Waals surface area contributed by atoms with Crippen molar-refractivity contribution < 1.29 is 28.9 Å². The minimum absolute atomic E-state index is 0.108. The fourth-order valence-electron chi connectivity index (χ4n) is 4.92. The molecule has 2 aromatic carbocycles. The Morgan fingerprint density at radius 1 is 0.911 bits per heavy atom. The fraction of sp³-hybridized carbons (Fsp3) is 0.606. The summed E-state index contributed by atoms with van der Waals surface area (Å²) < 4.78 is 15.9. The molecule has 1 heterocycles. The van der Waals surface area contributed by atoms with Crippen LogP contribution >= 0.6 is 0 Å². The summed E-state index contributed by atoms with van der Waals surface area (Å²) in [5, 5.41) is 34.5. The molecular formula is C33H49N5O7. The van der Waals surface area contributed by atoms with Crippen LogP contribution in [0.25, 0.3) is 11.0 Å². The molecule has 248 valence electrons. The van der Waals surface area contributed by atoms with Crippen molar-refractivity contribution in [2.24, 2.45) is 0 Å². The number of fused-ring (bicyclic) bond motifs is 1. The molecule has 1 aromatic heterocycles. The van der Waals surface area contributed by atoms with Crippen molar-refractivity contribution in [1.29, 1.82) is 0 Å². The molecule has 3 aromatic rings. The Morgan fingerprint density at radius 2 is 1.53 bits per heavy atom. The van der Waals surface area contributed by atoms with Crippen molar-refractivity contribution in [3.05, 3.63) is 52.1 Å². The predicted molar refractivity (Wildman–Crippen MR) is 174 cm³/mol. The van der Waals surface area contributed by atoms with E-state index in [1.54, 1.807) is 6.07 Å². The molecule has 0 unspecified atom stereocenters. The highest BCUT2D eigenvalue weighted by atomic mass is 16.6. The lowest BCUT2D eigenvalue weighted by Crippen LogP contribution is -2.50. The van der Waals surface area contributed by atoms with E-state index in [4.69, 9.17) is 14.1 Å². The van der Waals surface area contributed by atoms with E-state index in [0.29, 0.717) is 30.7 Å². The number of ether oxygens (including phenoxy) is 2. The van der Waals surface area contributed by atoms with Crippen LogP contribution in [0.2, 0.25) is 0 Å². The fourth-order valence-corrected chi connectivity index (χ4v) is 4.92. The van der Waals surface area contributed by atoms with E-state index in [9.17, 15) is 20.0 Å². The van der Waals surface area contributed by atoms with Gasteiger partial charge in [-0.3, -0.25) is 10.1 Å². The molecule has 0 fully saturated rings. The molecule has 0 aliphatic carbocycles. The first kappa shape index (κ1) is 35.5. The molecule has 0 saturated carbocycles. The summed E-state index contributed by atoms with van der Waals surface area (Å²) in [4.78, 5) is 22.8. The summed E-state index contributed by atoms with van der Waals surface area (Å²) in [6.45, 7) is 8.52. The Bertz CT molecular complexity index is 1340. The molecule has 12 heteroatoms. The molecule has 0 saturated heterocycles. The van der Waals surface area contributed by atoms with Crippen LogP contribution in [0.4, 0.5) is 16.2 Å². The number of non-ortho nitro benzene ring substituents is 1. The third-order valence-electron chi connectivity index (χ3n) is 7.54. The number of aryl methyl sites for hydroxylation is 1. The molecule has 3 rings (SSSR count). The van der Waals surface area contributed by atoms with Crippen LogP contribution in [-0.4, -0.2) is 57.3 Å². The monoisotopic (exact) mass is 627 g/mol. The van der Waals surface area contributed by atoms with Gasteiger partial charge in [0.25, 0.3) is 0 Å². The summed E-state index contributed by atoms with van der Waals surface area (Å²) in [7, 11) is 0. The second-order valence-corrected chi connectivity index (χ2v) is 12.8. The van der Waals surface area contributed by atoms with Crippen molar-refractivity contribution in [2.45, 2.75) is 109 Å². The second kappa shape index (κ2) is 17.5. The van der Waals surface area contributed by atoms with E-state index in [2.05, 4.69) is 20.9 Å². The highest BCUT2D eigenvalue weighted by Gasteiger charge is 2.28. The zero-order chi connectivity index (χ0) is 32.7. The summed E-state index contributed by atoms with van der Waals surface area (Å²) in [5.41, 5.74) is 0.896. The first-order valence-electron chi connectivity index (χ1n) is 16.0. The van der Waals surface area contributed by atoms with E-state index in [1.165, 1.54) is 38.2 Å². The topological polar surface area (TPSA) is 162 Å². The van der Waals surface area contributed by atoms with Crippen LogP contribution < -0.4 is 15.4 Å². The normalized spacial score (nSPS) is 12.9. The molecule has 0 aliphatic heterocycles. The number of amides is 1. The lowest BCUT2D eigenvalue weighted by atomic mass is 9.94. The first-order valence-corrected chi connectivity index (χ1v) is 16.0. The van der Waals surface area contributed by atoms with Crippen LogP contribution in [-0.2, 0) is 11.2 Å². The maximum Gasteiger partial charge on any atom is 0.408 e. The van der Waals surface area contributed by atoms with Crippen LogP contribution in [0.5, 0.6) is 5.75 Å². The van der Waals surface area contributed by atoms with Gasteiger partial charge < -0.3 is 25.2 Å². The third kappa shape index (κ3) is 12.5. The molecule has 0 radical (unpaired) electrons. The number of aliphatic hydroxyl groups is 1. The maximum absolute atomic E-state index is 12.1. The van der Waals surface area contributed by atoms with Gasteiger partial charge in [-0.1, -0.05) is 57.1 Å². The Morgan fingerprint density at radius 3 is 2.16 bits per heavy atom. The summed E-state index contributed by atoms with van der Waals surface area (Å²) in [5.74, 6) is 0.848. The van der Waals surface area contributed by atoms with Gasteiger partial charge in [0.2, 0.25) is 5.52 Å². The van der Waals surface area contributed by atoms with Crippen molar-refractivity contribution in [1.82, 2.24) is 15.6 Å². The molecular weight excluding hydrogens is 578 g/mol. The number of anilines is 1. The van der Waals surface area contributed by atoms with Crippen LogP contribution in [0.3, 0.4) is 0 Å². The van der Waals surface area contributed by atoms with E-state index in [1.807, 2.05) is 52.0 Å². The number of unbranched alkanes of at least 4 members (excludes halogenated alkanes) is 8. The predicted octanol–water partition coefficient (Wildman–Crippen LogP) is 7.34. The molecule has 0 aliphatic rings. The van der Waals surface area contributed by atoms with Gasteiger partial charge in [0.1, 0.15) is 11.4 Å². The second-order valence-electron chi connectivity index (χ2n) is 12.8. The number of aliphatic hydroxyl groups excluding tert-OH is 1. The van der Waals surface area contributed by atoms with E-state index in [0.717, 1.165) is 43.5 Å². The highest BCUT2D eigenvalue weighted by Crippen LogP contribution is 2.28. The van der Waals surface area contributed by atoms with Crippen LogP contribution in [0.1, 0.15) is 97.5 Å². The van der Waals surface area contributed by atoms with Crippen molar-refractivity contribution in [2.75, 3.05) is 25.1 Å². The van der Waals surface area contributed by atoms with Gasteiger partial charge in [-0.05, 0) is 87.5 Å². The van der Waals surface area contributed by atoms with Crippen LogP contribution in [0.15, 0.2) is 41.0 Å². The van der Waals surface area contributed by atoms with Crippen molar-refractivity contribution in [3.8, 4) is 5.75 Å². The quantitative estimate of drug-likeness (QED) is 0.0656. The number of hydrogen-bond donors (Lipinski definition) is 3. The van der Waals surface area contributed by atoms with Gasteiger partial charge in [-0.15, -0.1) is 0 Å². The lowest BCUT2D eigenvalue weighted by molar-refractivity contribution is -0.383. The molecule has 45 heavy (non-hydrogen) atoms. The largest absolute Gasteiger partial charge is 0.494 e. The maximum atomic E-state index is 12.1. The molecule has 0 spiro atoms. The van der Waals surface area contributed by atoms with Gasteiger partial charge >= 0.3 is 11.8 Å². The average Bonchev–Trinajstić information content (AvgIpc) is 3.48. The number of rotatable bonds is 20. The molecule has 3 N–H and O–H groups in total. The minimum atomic E-state index is -0.765. The number of hydrogen-bond acceptors (Lipinski definition) is 10. The molecule has 1 amide bonds. The number of nitro benzene ring substituents is 1. The number of aromatic nitrogens is 2. The summed E-state index contributed by atoms with van der Waals surface area (Å²) in [6, 6.07) is 11.1.